The minimum atomic E-state index is 0.631. The maximum atomic E-state index is 5.64. The van der Waals surface area contributed by atoms with Gasteiger partial charge in [-0.25, -0.2) is 0 Å². The summed E-state index contributed by atoms with van der Waals surface area (Å²) in [6.07, 6.45) is 4.86. The van der Waals surface area contributed by atoms with Crippen LogP contribution in [-0.2, 0) is 6.54 Å². The minimum Gasteiger partial charge on any atom is -0.344 e. The number of nitrogens with zero attached hydrogens (tertiary/aromatic N) is 1. The fourth-order valence-corrected chi connectivity index (χ4v) is 1.99. The van der Waals surface area contributed by atoms with Gasteiger partial charge in [0.05, 0.1) is 0 Å². The van der Waals surface area contributed by atoms with Crippen molar-refractivity contribution in [3.05, 3.63) is 36.0 Å². The molecule has 0 amide bonds. The zero-order valence-corrected chi connectivity index (χ0v) is 8.11. The number of nitrogens with two attached hydrogens (primary N) is 1. The molecule has 0 bridgehead atoms. The van der Waals surface area contributed by atoms with Crippen molar-refractivity contribution in [2.45, 2.75) is 25.4 Å². The summed E-state index contributed by atoms with van der Waals surface area (Å²) >= 11 is 0. The molecule has 1 heterocycles. The molecule has 1 aromatic carbocycles. The summed E-state index contributed by atoms with van der Waals surface area (Å²) in [4.78, 5) is 0. The Morgan fingerprint density at radius 3 is 2.86 bits per heavy atom. The molecule has 1 aliphatic rings. The third kappa shape index (κ3) is 1.15. The average molecular weight is 186 g/mol. The molecule has 3 rings (SSSR count). The van der Waals surface area contributed by atoms with Gasteiger partial charge in [-0.05, 0) is 35.9 Å². The molecule has 1 fully saturated rings. The lowest BCUT2D eigenvalue weighted by atomic mass is 10.1. The molecular weight excluding hydrogens is 172 g/mol. The molecule has 0 unspecified atom stereocenters. The molecule has 1 aromatic heterocycles. The molecule has 2 N–H and O–H groups in total. The number of aromatic nitrogens is 1. The summed E-state index contributed by atoms with van der Waals surface area (Å²) in [5, 5.41) is 1.33. The predicted molar refractivity (Wildman–Crippen MR) is 58.1 cm³/mol. The molecular formula is C12H14N2. The Morgan fingerprint density at radius 1 is 1.29 bits per heavy atom. The monoisotopic (exact) mass is 186 g/mol. The summed E-state index contributed by atoms with van der Waals surface area (Å²) in [6.45, 7) is 0.631. The van der Waals surface area contributed by atoms with Crippen molar-refractivity contribution in [2.24, 2.45) is 5.73 Å². The molecule has 2 aromatic rings. The van der Waals surface area contributed by atoms with Crippen LogP contribution in [-0.4, -0.2) is 4.57 Å². The topological polar surface area (TPSA) is 30.9 Å². The van der Waals surface area contributed by atoms with E-state index in [9.17, 15) is 0 Å². The first-order chi connectivity index (χ1) is 6.88. The van der Waals surface area contributed by atoms with Crippen molar-refractivity contribution in [3.8, 4) is 0 Å². The van der Waals surface area contributed by atoms with E-state index < -0.39 is 0 Å². The predicted octanol–water partition coefficient (Wildman–Crippen LogP) is 2.43. The van der Waals surface area contributed by atoms with E-state index in [0.717, 1.165) is 6.04 Å². The fraction of sp³-hybridized carbons (Fsp3) is 0.333. The Bertz CT molecular complexity index is 466. The van der Waals surface area contributed by atoms with Gasteiger partial charge >= 0.3 is 0 Å². The van der Waals surface area contributed by atoms with Gasteiger partial charge in [0, 0.05) is 24.3 Å². The number of rotatable bonds is 2. The quantitative estimate of drug-likeness (QED) is 0.767. The smallest absolute Gasteiger partial charge is 0.0486 e. The van der Waals surface area contributed by atoms with Gasteiger partial charge in [0.1, 0.15) is 0 Å². The average Bonchev–Trinajstić information content (AvgIpc) is 2.98. The number of hydrogen-bond acceptors (Lipinski definition) is 1. The normalized spacial score (nSPS) is 16.4. The van der Waals surface area contributed by atoms with Crippen LogP contribution >= 0.6 is 0 Å². The summed E-state index contributed by atoms with van der Waals surface area (Å²) in [5.41, 5.74) is 8.21. The number of hydrogen-bond donors (Lipinski definition) is 1. The van der Waals surface area contributed by atoms with Gasteiger partial charge in [0.2, 0.25) is 0 Å². The highest BCUT2D eigenvalue weighted by Crippen LogP contribution is 2.37. The molecule has 0 aliphatic heterocycles. The zero-order chi connectivity index (χ0) is 9.54. The molecule has 72 valence electrons. The van der Waals surface area contributed by atoms with Crippen LogP contribution in [0.2, 0.25) is 0 Å². The highest BCUT2D eigenvalue weighted by molar-refractivity contribution is 5.81. The highest BCUT2D eigenvalue weighted by Gasteiger charge is 2.24. The summed E-state index contributed by atoms with van der Waals surface area (Å²) in [5.74, 6) is 0. The van der Waals surface area contributed by atoms with Crippen molar-refractivity contribution in [3.63, 3.8) is 0 Å². The third-order valence-corrected chi connectivity index (χ3v) is 2.96. The van der Waals surface area contributed by atoms with Gasteiger partial charge in [-0.3, -0.25) is 0 Å². The fourth-order valence-electron chi connectivity index (χ4n) is 1.99. The Labute approximate surface area is 83.3 Å². The van der Waals surface area contributed by atoms with Crippen LogP contribution < -0.4 is 5.73 Å². The molecule has 1 aliphatic carbocycles. The van der Waals surface area contributed by atoms with Crippen molar-refractivity contribution in [1.29, 1.82) is 0 Å². The minimum absolute atomic E-state index is 0.631. The first kappa shape index (κ1) is 8.06. The van der Waals surface area contributed by atoms with Crippen LogP contribution in [0.15, 0.2) is 30.5 Å². The molecule has 14 heavy (non-hydrogen) atoms. The molecule has 0 spiro atoms. The molecule has 1 saturated carbocycles. The summed E-state index contributed by atoms with van der Waals surface area (Å²) < 4.78 is 2.38. The zero-order valence-electron chi connectivity index (χ0n) is 8.11. The van der Waals surface area contributed by atoms with Gasteiger partial charge in [-0.2, -0.15) is 0 Å². The van der Waals surface area contributed by atoms with E-state index >= 15 is 0 Å². The maximum Gasteiger partial charge on any atom is 0.0486 e. The van der Waals surface area contributed by atoms with Gasteiger partial charge < -0.3 is 10.3 Å². The lowest BCUT2D eigenvalue weighted by Crippen LogP contribution is -1.97. The summed E-state index contributed by atoms with van der Waals surface area (Å²) in [6, 6.07) is 9.43. The van der Waals surface area contributed by atoms with Gasteiger partial charge in [-0.1, -0.05) is 12.1 Å². The second-order valence-electron chi connectivity index (χ2n) is 4.05. The van der Waals surface area contributed by atoms with Crippen molar-refractivity contribution >= 4 is 10.9 Å². The Kier molecular flexibility index (Phi) is 1.64. The van der Waals surface area contributed by atoms with E-state index in [1.165, 1.54) is 29.3 Å². The largest absolute Gasteiger partial charge is 0.344 e. The van der Waals surface area contributed by atoms with Crippen LogP contribution in [0.3, 0.4) is 0 Å². The first-order valence-corrected chi connectivity index (χ1v) is 5.18. The lowest BCUT2D eigenvalue weighted by molar-refractivity contribution is 0.775. The highest BCUT2D eigenvalue weighted by atomic mass is 15.0. The van der Waals surface area contributed by atoms with E-state index in [2.05, 4.69) is 35.0 Å². The van der Waals surface area contributed by atoms with E-state index in [1.807, 2.05) is 0 Å². The van der Waals surface area contributed by atoms with E-state index in [4.69, 9.17) is 5.73 Å². The van der Waals surface area contributed by atoms with Crippen LogP contribution in [0, 0.1) is 0 Å². The Balaban J connectivity index is 2.20. The van der Waals surface area contributed by atoms with Crippen molar-refractivity contribution in [2.75, 3.05) is 0 Å². The Morgan fingerprint density at radius 2 is 2.14 bits per heavy atom. The molecule has 0 atom stereocenters. The molecule has 0 radical (unpaired) electrons. The molecule has 2 nitrogen and oxygen atoms in total. The lowest BCUT2D eigenvalue weighted by Gasteiger charge is -2.03. The van der Waals surface area contributed by atoms with Gasteiger partial charge in [-0.15, -0.1) is 0 Å². The SMILES string of the molecule is NCc1ccc2ccn(C3CC3)c2c1. The van der Waals surface area contributed by atoms with Gasteiger partial charge in [0.15, 0.2) is 0 Å². The van der Waals surface area contributed by atoms with Crippen LogP contribution in [0.4, 0.5) is 0 Å². The van der Waals surface area contributed by atoms with E-state index in [-0.39, 0.29) is 0 Å². The first-order valence-electron chi connectivity index (χ1n) is 5.18. The standard InChI is InChI=1S/C12H14N2/c13-8-9-1-2-10-5-6-14(11-3-4-11)12(10)7-9/h1-2,5-7,11H,3-4,8,13H2. The van der Waals surface area contributed by atoms with Crippen LogP contribution in [0.1, 0.15) is 24.4 Å². The van der Waals surface area contributed by atoms with Crippen molar-refractivity contribution in [1.82, 2.24) is 4.57 Å². The molecule has 2 heteroatoms. The Hall–Kier alpha value is -1.28. The number of fused-ring (bicyclic) bond motifs is 1. The second kappa shape index (κ2) is 2.85. The third-order valence-electron chi connectivity index (χ3n) is 2.96. The van der Waals surface area contributed by atoms with E-state index in [1.54, 1.807) is 0 Å². The number of benzene rings is 1. The second-order valence-corrected chi connectivity index (χ2v) is 4.05. The van der Waals surface area contributed by atoms with Crippen LogP contribution in [0.5, 0.6) is 0 Å². The van der Waals surface area contributed by atoms with E-state index in [0.29, 0.717) is 6.54 Å². The van der Waals surface area contributed by atoms with Gasteiger partial charge in [0.25, 0.3) is 0 Å². The van der Waals surface area contributed by atoms with Crippen molar-refractivity contribution < 1.29 is 0 Å². The summed E-state index contributed by atoms with van der Waals surface area (Å²) in [7, 11) is 0. The van der Waals surface area contributed by atoms with Crippen LogP contribution in [0.25, 0.3) is 10.9 Å². The molecule has 0 saturated heterocycles. The maximum absolute atomic E-state index is 5.64.